The van der Waals surface area contributed by atoms with Gasteiger partial charge in [-0.1, -0.05) is 18.2 Å². The number of piperidine rings is 1. The third-order valence-corrected chi connectivity index (χ3v) is 2.96. The van der Waals surface area contributed by atoms with Gasteiger partial charge in [-0.15, -0.1) is 0 Å². The van der Waals surface area contributed by atoms with Gasteiger partial charge in [-0.2, -0.15) is 0 Å². The molecule has 1 N–H and O–H groups in total. The SMILES string of the molecule is Cc1cccc([C@H]2CCCNC2)c1F. The number of benzene rings is 1. The molecular weight excluding hydrogens is 177 g/mol. The molecule has 2 rings (SSSR count). The Bertz CT molecular complexity index is 316. The van der Waals surface area contributed by atoms with Crippen LogP contribution in [0.1, 0.15) is 29.9 Å². The molecule has 0 bridgehead atoms. The van der Waals surface area contributed by atoms with Gasteiger partial charge in [0.1, 0.15) is 5.82 Å². The van der Waals surface area contributed by atoms with Crippen LogP contribution in [0.4, 0.5) is 4.39 Å². The Labute approximate surface area is 84.3 Å². The first kappa shape index (κ1) is 9.66. The highest BCUT2D eigenvalue weighted by molar-refractivity contribution is 5.28. The third-order valence-electron chi connectivity index (χ3n) is 2.96. The summed E-state index contributed by atoms with van der Waals surface area (Å²) in [5.74, 6) is 0.352. The molecule has 1 aliphatic heterocycles. The molecule has 0 unspecified atom stereocenters. The molecule has 0 radical (unpaired) electrons. The van der Waals surface area contributed by atoms with Crippen molar-refractivity contribution in [2.75, 3.05) is 13.1 Å². The van der Waals surface area contributed by atoms with Crippen LogP contribution < -0.4 is 5.32 Å². The summed E-state index contributed by atoms with van der Waals surface area (Å²) in [4.78, 5) is 0. The van der Waals surface area contributed by atoms with Crippen molar-refractivity contribution in [3.8, 4) is 0 Å². The molecule has 1 saturated heterocycles. The summed E-state index contributed by atoms with van der Waals surface area (Å²) in [6.07, 6.45) is 2.26. The van der Waals surface area contributed by atoms with Gasteiger partial charge in [0.05, 0.1) is 0 Å². The molecule has 1 aliphatic rings. The summed E-state index contributed by atoms with van der Waals surface area (Å²) in [5.41, 5.74) is 1.64. The standard InChI is InChI=1S/C12H16FN/c1-9-4-2-6-11(12(9)13)10-5-3-7-14-8-10/h2,4,6,10,14H,3,5,7-8H2,1H3/t10-/m0/s1. The van der Waals surface area contributed by atoms with Gasteiger partial charge in [0.15, 0.2) is 0 Å². The first-order valence-electron chi connectivity index (χ1n) is 5.25. The fourth-order valence-electron chi connectivity index (χ4n) is 2.10. The van der Waals surface area contributed by atoms with Crippen LogP contribution in [-0.2, 0) is 0 Å². The van der Waals surface area contributed by atoms with E-state index in [1.54, 1.807) is 0 Å². The largest absolute Gasteiger partial charge is 0.316 e. The van der Waals surface area contributed by atoms with E-state index in [1.165, 1.54) is 0 Å². The van der Waals surface area contributed by atoms with E-state index in [-0.39, 0.29) is 5.82 Å². The van der Waals surface area contributed by atoms with Crippen molar-refractivity contribution < 1.29 is 4.39 Å². The number of hydrogen-bond acceptors (Lipinski definition) is 1. The second-order valence-corrected chi connectivity index (χ2v) is 4.02. The minimum Gasteiger partial charge on any atom is -0.316 e. The Balaban J connectivity index is 2.26. The predicted molar refractivity (Wildman–Crippen MR) is 56.0 cm³/mol. The van der Waals surface area contributed by atoms with Gasteiger partial charge < -0.3 is 5.32 Å². The second kappa shape index (κ2) is 4.09. The number of halogens is 1. The van der Waals surface area contributed by atoms with Crippen LogP contribution in [0.2, 0.25) is 0 Å². The van der Waals surface area contributed by atoms with Gasteiger partial charge in [-0.25, -0.2) is 4.39 Å². The van der Waals surface area contributed by atoms with Crippen molar-refractivity contribution in [3.05, 3.63) is 35.1 Å². The van der Waals surface area contributed by atoms with Gasteiger partial charge >= 0.3 is 0 Å². The second-order valence-electron chi connectivity index (χ2n) is 4.02. The molecule has 0 spiro atoms. The van der Waals surface area contributed by atoms with Gasteiger partial charge in [0.2, 0.25) is 0 Å². The average Bonchev–Trinajstić information content (AvgIpc) is 2.23. The lowest BCUT2D eigenvalue weighted by atomic mass is 9.90. The van der Waals surface area contributed by atoms with E-state index < -0.39 is 0 Å². The maximum atomic E-state index is 13.8. The van der Waals surface area contributed by atoms with E-state index in [4.69, 9.17) is 0 Å². The molecule has 1 nitrogen and oxygen atoms in total. The van der Waals surface area contributed by atoms with E-state index in [0.717, 1.165) is 37.1 Å². The van der Waals surface area contributed by atoms with Gasteiger partial charge in [-0.05, 0) is 43.4 Å². The van der Waals surface area contributed by atoms with Crippen molar-refractivity contribution >= 4 is 0 Å². The number of aryl methyl sites for hydroxylation is 1. The zero-order chi connectivity index (χ0) is 9.97. The van der Waals surface area contributed by atoms with Crippen LogP contribution in [0, 0.1) is 12.7 Å². The summed E-state index contributed by atoms with van der Waals surface area (Å²) in [6, 6.07) is 5.69. The molecule has 76 valence electrons. The first-order valence-corrected chi connectivity index (χ1v) is 5.25. The number of hydrogen-bond donors (Lipinski definition) is 1. The highest BCUT2D eigenvalue weighted by Crippen LogP contribution is 2.26. The van der Waals surface area contributed by atoms with Gasteiger partial charge in [-0.3, -0.25) is 0 Å². The molecule has 0 saturated carbocycles. The molecular formula is C12H16FN. The van der Waals surface area contributed by atoms with Crippen molar-refractivity contribution in [2.45, 2.75) is 25.7 Å². The molecule has 1 aromatic carbocycles. The lowest BCUT2D eigenvalue weighted by Crippen LogP contribution is -2.28. The first-order chi connectivity index (χ1) is 6.79. The molecule has 1 aromatic rings. The lowest BCUT2D eigenvalue weighted by molar-refractivity contribution is 0.445. The Kier molecular flexibility index (Phi) is 2.82. The van der Waals surface area contributed by atoms with Crippen LogP contribution in [0.25, 0.3) is 0 Å². The smallest absolute Gasteiger partial charge is 0.129 e. The Morgan fingerprint density at radius 3 is 3.00 bits per heavy atom. The van der Waals surface area contributed by atoms with Crippen LogP contribution in [0.3, 0.4) is 0 Å². The van der Waals surface area contributed by atoms with Crippen LogP contribution in [-0.4, -0.2) is 13.1 Å². The minimum atomic E-state index is -0.0128. The number of rotatable bonds is 1. The Hall–Kier alpha value is -0.890. The molecule has 0 amide bonds. The van der Waals surface area contributed by atoms with E-state index in [0.29, 0.717) is 5.92 Å². The quantitative estimate of drug-likeness (QED) is 0.723. The monoisotopic (exact) mass is 193 g/mol. The molecule has 1 heterocycles. The highest BCUT2D eigenvalue weighted by atomic mass is 19.1. The molecule has 1 fully saturated rings. The molecule has 14 heavy (non-hydrogen) atoms. The fraction of sp³-hybridized carbons (Fsp3) is 0.500. The van der Waals surface area contributed by atoms with E-state index in [1.807, 2.05) is 25.1 Å². The van der Waals surface area contributed by atoms with Crippen LogP contribution in [0.5, 0.6) is 0 Å². The Morgan fingerprint density at radius 2 is 2.29 bits per heavy atom. The topological polar surface area (TPSA) is 12.0 Å². The number of nitrogens with one attached hydrogen (secondary N) is 1. The predicted octanol–water partition coefficient (Wildman–Crippen LogP) is 2.60. The summed E-state index contributed by atoms with van der Waals surface area (Å²) in [5, 5.41) is 3.31. The van der Waals surface area contributed by atoms with E-state index >= 15 is 0 Å². The summed E-state index contributed by atoms with van der Waals surface area (Å²) in [7, 11) is 0. The van der Waals surface area contributed by atoms with Crippen molar-refractivity contribution in [1.29, 1.82) is 0 Å². The minimum absolute atomic E-state index is 0.0128. The van der Waals surface area contributed by atoms with Gasteiger partial charge in [0.25, 0.3) is 0 Å². The fourth-order valence-corrected chi connectivity index (χ4v) is 2.10. The molecule has 2 heteroatoms. The van der Waals surface area contributed by atoms with E-state index in [9.17, 15) is 4.39 Å². The zero-order valence-corrected chi connectivity index (χ0v) is 8.52. The lowest BCUT2D eigenvalue weighted by Gasteiger charge is -2.23. The summed E-state index contributed by atoms with van der Waals surface area (Å²) in [6.45, 7) is 3.82. The van der Waals surface area contributed by atoms with Gasteiger partial charge in [0, 0.05) is 6.54 Å². The third kappa shape index (κ3) is 1.80. The van der Waals surface area contributed by atoms with E-state index in [2.05, 4.69) is 5.32 Å². The normalized spacial score (nSPS) is 22.3. The van der Waals surface area contributed by atoms with Crippen molar-refractivity contribution in [2.24, 2.45) is 0 Å². The van der Waals surface area contributed by atoms with Crippen molar-refractivity contribution in [3.63, 3.8) is 0 Å². The molecule has 0 aliphatic carbocycles. The maximum Gasteiger partial charge on any atom is 0.129 e. The zero-order valence-electron chi connectivity index (χ0n) is 8.52. The summed E-state index contributed by atoms with van der Waals surface area (Å²) >= 11 is 0. The molecule has 0 aromatic heterocycles. The Morgan fingerprint density at radius 1 is 1.43 bits per heavy atom. The highest BCUT2D eigenvalue weighted by Gasteiger charge is 2.18. The average molecular weight is 193 g/mol. The van der Waals surface area contributed by atoms with Crippen LogP contribution in [0.15, 0.2) is 18.2 Å². The summed E-state index contributed by atoms with van der Waals surface area (Å²) < 4.78 is 13.8. The maximum absolute atomic E-state index is 13.8. The van der Waals surface area contributed by atoms with Crippen LogP contribution >= 0.6 is 0 Å². The van der Waals surface area contributed by atoms with Crippen molar-refractivity contribution in [1.82, 2.24) is 5.32 Å². The molecule has 1 atom stereocenters.